The van der Waals surface area contributed by atoms with E-state index in [1.165, 1.54) is 11.3 Å². The number of piperazine rings is 1. The van der Waals surface area contributed by atoms with Gasteiger partial charge in [-0.3, -0.25) is 9.69 Å². The zero-order chi connectivity index (χ0) is 27.5. The molecule has 3 aromatic rings. The molecule has 5 heterocycles. The molecule has 2 bridgehead atoms. The smallest absolute Gasteiger partial charge is 0.227 e. The number of fused-ring (bicyclic) bond motifs is 2. The topological polar surface area (TPSA) is 98.8 Å². The average molecular weight is 543 g/mol. The number of aryl methyl sites for hydroxylation is 1. The number of benzene rings is 1. The minimum atomic E-state index is 0.272. The molecule has 0 radical (unpaired) electrons. The average Bonchev–Trinajstić information content (AvgIpc) is 3.59. The molecule has 10 nitrogen and oxygen atoms in total. The Morgan fingerprint density at radius 2 is 1.95 bits per heavy atom. The number of amides is 1. The fourth-order valence-corrected chi connectivity index (χ4v) is 6.05. The van der Waals surface area contributed by atoms with Crippen LogP contribution >= 0.6 is 0 Å². The van der Waals surface area contributed by atoms with Gasteiger partial charge in [-0.1, -0.05) is 6.92 Å². The number of likely N-dealkylation sites (tertiary alicyclic amines) is 1. The first kappa shape index (κ1) is 26.5. The lowest BCUT2D eigenvalue weighted by Crippen LogP contribution is -2.48. The van der Waals surface area contributed by atoms with Crippen molar-refractivity contribution in [2.45, 2.75) is 38.8 Å². The molecule has 40 heavy (non-hydrogen) atoms. The Kier molecular flexibility index (Phi) is 7.79. The van der Waals surface area contributed by atoms with E-state index in [0.717, 1.165) is 81.7 Å². The Morgan fingerprint density at radius 1 is 1.07 bits per heavy atom. The monoisotopic (exact) mass is 542 g/mol. The lowest BCUT2D eigenvalue weighted by Gasteiger charge is -2.36. The number of pyridine rings is 1. The molecule has 2 N–H and O–H groups in total. The Balaban J connectivity index is 1.06. The highest BCUT2D eigenvalue weighted by molar-refractivity contribution is 5.77. The SMILES string of the molecule is CCC(=O)N1CC2CC1CN2c1ccc(Nc2nccc(-c3ccc(NCCN4CCOCC4)nc3)n2)cc1C. The molecule has 6 rings (SSSR count). The summed E-state index contributed by atoms with van der Waals surface area (Å²) in [6.45, 7) is 11.3. The molecule has 0 spiro atoms. The maximum atomic E-state index is 12.2. The van der Waals surface area contributed by atoms with E-state index in [9.17, 15) is 4.79 Å². The van der Waals surface area contributed by atoms with Gasteiger partial charge in [0.15, 0.2) is 0 Å². The summed E-state index contributed by atoms with van der Waals surface area (Å²) >= 11 is 0. The van der Waals surface area contributed by atoms with Gasteiger partial charge in [0, 0.05) is 81.1 Å². The third kappa shape index (κ3) is 5.73. The normalized spacial score (nSPS) is 20.6. The van der Waals surface area contributed by atoms with Crippen LogP contribution < -0.4 is 15.5 Å². The third-order valence-corrected chi connectivity index (χ3v) is 8.18. The van der Waals surface area contributed by atoms with E-state index in [2.05, 4.69) is 60.4 Å². The van der Waals surface area contributed by atoms with Crippen molar-refractivity contribution in [1.82, 2.24) is 24.8 Å². The summed E-state index contributed by atoms with van der Waals surface area (Å²) in [5.41, 5.74) is 5.14. The standard InChI is InChI=1S/C30H38N8O2/c1-3-29(39)38-20-24-17-25(38)19-37(24)27-6-5-23(16-21(27)2)34-30-32-9-8-26(35-30)22-4-7-28(33-18-22)31-10-11-36-12-14-40-15-13-36/h4-9,16,18,24-25H,3,10-15,17,19-20H2,1-2H3,(H,31,33)(H,32,34,35). The predicted octanol–water partition coefficient (Wildman–Crippen LogP) is 3.53. The van der Waals surface area contributed by atoms with E-state index >= 15 is 0 Å². The summed E-state index contributed by atoms with van der Waals surface area (Å²) in [6.07, 6.45) is 5.26. The lowest BCUT2D eigenvalue weighted by molar-refractivity contribution is -0.131. The van der Waals surface area contributed by atoms with Crippen LogP contribution in [0, 0.1) is 6.92 Å². The van der Waals surface area contributed by atoms with Gasteiger partial charge >= 0.3 is 0 Å². The van der Waals surface area contributed by atoms with E-state index < -0.39 is 0 Å². The molecule has 10 heteroatoms. The summed E-state index contributed by atoms with van der Waals surface area (Å²) in [4.78, 5) is 32.9. The van der Waals surface area contributed by atoms with Crippen molar-refractivity contribution in [3.05, 3.63) is 54.4 Å². The molecular weight excluding hydrogens is 504 g/mol. The van der Waals surface area contributed by atoms with Gasteiger partial charge in [-0.05, 0) is 55.3 Å². The third-order valence-electron chi connectivity index (χ3n) is 8.18. The van der Waals surface area contributed by atoms with Gasteiger partial charge in [0.05, 0.1) is 24.9 Å². The maximum absolute atomic E-state index is 12.2. The van der Waals surface area contributed by atoms with Crippen LogP contribution in [0.2, 0.25) is 0 Å². The van der Waals surface area contributed by atoms with E-state index in [-0.39, 0.29) is 5.91 Å². The van der Waals surface area contributed by atoms with Crippen LogP contribution in [-0.2, 0) is 9.53 Å². The Morgan fingerprint density at radius 3 is 2.67 bits per heavy atom. The number of rotatable bonds is 9. The molecular formula is C30H38N8O2. The minimum absolute atomic E-state index is 0.272. The summed E-state index contributed by atoms with van der Waals surface area (Å²) in [5.74, 6) is 1.68. The second-order valence-electron chi connectivity index (χ2n) is 10.8. The fourth-order valence-electron chi connectivity index (χ4n) is 6.05. The number of morpholine rings is 1. The van der Waals surface area contributed by atoms with Crippen LogP contribution in [0.3, 0.4) is 0 Å². The molecule has 3 fully saturated rings. The van der Waals surface area contributed by atoms with Crippen LogP contribution in [0.5, 0.6) is 0 Å². The zero-order valence-corrected chi connectivity index (χ0v) is 23.3. The van der Waals surface area contributed by atoms with Gasteiger partial charge in [0.25, 0.3) is 0 Å². The Hall–Kier alpha value is -3.76. The number of carbonyl (C=O) groups is 1. The molecule has 3 aliphatic heterocycles. The number of hydrogen-bond donors (Lipinski definition) is 2. The number of anilines is 4. The van der Waals surface area contributed by atoms with Crippen molar-refractivity contribution >= 4 is 29.0 Å². The minimum Gasteiger partial charge on any atom is -0.379 e. The van der Waals surface area contributed by atoms with Gasteiger partial charge in [-0.2, -0.15) is 0 Å². The summed E-state index contributed by atoms with van der Waals surface area (Å²) in [6, 6.07) is 13.1. The van der Waals surface area contributed by atoms with E-state index in [4.69, 9.17) is 9.72 Å². The molecule has 2 unspecified atom stereocenters. The molecule has 3 saturated heterocycles. The highest BCUT2D eigenvalue weighted by Crippen LogP contribution is 2.37. The van der Waals surface area contributed by atoms with Crippen molar-refractivity contribution in [1.29, 1.82) is 0 Å². The second-order valence-corrected chi connectivity index (χ2v) is 10.8. The summed E-state index contributed by atoms with van der Waals surface area (Å²) in [5, 5.41) is 6.77. The Bertz CT molecular complexity index is 1330. The summed E-state index contributed by atoms with van der Waals surface area (Å²) < 4.78 is 5.41. The highest BCUT2D eigenvalue weighted by Gasteiger charge is 2.45. The lowest BCUT2D eigenvalue weighted by atomic mass is 10.1. The van der Waals surface area contributed by atoms with E-state index in [1.807, 2.05) is 31.3 Å². The van der Waals surface area contributed by atoms with Crippen molar-refractivity contribution < 1.29 is 9.53 Å². The van der Waals surface area contributed by atoms with Crippen molar-refractivity contribution in [2.24, 2.45) is 0 Å². The first-order chi connectivity index (χ1) is 19.6. The molecule has 1 amide bonds. The number of hydrogen-bond acceptors (Lipinski definition) is 9. The highest BCUT2D eigenvalue weighted by atomic mass is 16.5. The van der Waals surface area contributed by atoms with Crippen LogP contribution in [0.4, 0.5) is 23.1 Å². The van der Waals surface area contributed by atoms with Gasteiger partial charge in [0.2, 0.25) is 11.9 Å². The number of nitrogens with zero attached hydrogens (tertiary/aromatic N) is 6. The quantitative estimate of drug-likeness (QED) is 0.421. The number of carbonyl (C=O) groups excluding carboxylic acids is 1. The molecule has 0 aliphatic carbocycles. The van der Waals surface area contributed by atoms with Crippen molar-refractivity contribution in [3.63, 3.8) is 0 Å². The first-order valence-electron chi connectivity index (χ1n) is 14.3. The van der Waals surface area contributed by atoms with Crippen LogP contribution in [0.1, 0.15) is 25.3 Å². The molecule has 210 valence electrons. The van der Waals surface area contributed by atoms with Gasteiger partial charge < -0.3 is 25.2 Å². The molecule has 0 saturated carbocycles. The van der Waals surface area contributed by atoms with Crippen LogP contribution in [-0.4, -0.2) is 95.2 Å². The van der Waals surface area contributed by atoms with Crippen molar-refractivity contribution in [3.8, 4) is 11.3 Å². The second kappa shape index (κ2) is 11.8. The van der Waals surface area contributed by atoms with Crippen LogP contribution in [0.15, 0.2) is 48.8 Å². The van der Waals surface area contributed by atoms with Gasteiger partial charge in [-0.25, -0.2) is 15.0 Å². The molecule has 2 atom stereocenters. The number of nitrogens with one attached hydrogen (secondary N) is 2. The van der Waals surface area contributed by atoms with Gasteiger partial charge in [0.1, 0.15) is 5.82 Å². The maximum Gasteiger partial charge on any atom is 0.227 e. The molecule has 3 aliphatic rings. The van der Waals surface area contributed by atoms with E-state index in [1.54, 1.807) is 6.20 Å². The molecule has 1 aromatic carbocycles. The molecule has 2 aromatic heterocycles. The van der Waals surface area contributed by atoms with Crippen LogP contribution in [0.25, 0.3) is 11.3 Å². The number of ether oxygens (including phenoxy) is 1. The van der Waals surface area contributed by atoms with Gasteiger partial charge in [-0.15, -0.1) is 0 Å². The van der Waals surface area contributed by atoms with Crippen molar-refractivity contribution in [2.75, 3.05) is 68.0 Å². The zero-order valence-electron chi connectivity index (χ0n) is 23.3. The number of aromatic nitrogens is 3. The predicted molar refractivity (Wildman–Crippen MR) is 157 cm³/mol. The fraction of sp³-hybridized carbons (Fsp3) is 0.467. The Labute approximate surface area is 235 Å². The largest absolute Gasteiger partial charge is 0.379 e. The summed E-state index contributed by atoms with van der Waals surface area (Å²) in [7, 11) is 0. The first-order valence-corrected chi connectivity index (χ1v) is 14.3. The van der Waals surface area contributed by atoms with E-state index in [0.29, 0.717) is 24.5 Å².